The SMILES string of the molecule is CC(CCC(=O)NCC(=O)O)C1CCC2C3C(O)CC4CC(O)CCC4(C)C3CC(O)C12C.O. The summed E-state index contributed by atoms with van der Waals surface area (Å²) in [6, 6.07) is 0. The van der Waals surface area contributed by atoms with Crippen molar-refractivity contribution in [1.82, 2.24) is 5.32 Å². The van der Waals surface area contributed by atoms with E-state index in [1.54, 1.807) is 0 Å². The molecular weight excluding hydrogens is 438 g/mol. The lowest BCUT2D eigenvalue weighted by atomic mass is 9.43. The second-order valence-electron chi connectivity index (χ2n) is 12.2. The zero-order valence-corrected chi connectivity index (χ0v) is 20.9. The molecule has 4 saturated carbocycles. The standard InChI is InChI=1S/C26H43NO6.H2O/c1-14(4-7-22(31)27-13-23(32)33)17-5-6-18-24-19(12-21(30)26(17,18)3)25(2)9-8-16(28)10-15(25)11-20(24)29;/h14-21,24,28-30H,4-13H2,1-3H3,(H,27,31)(H,32,33);1H2. The third-order valence-electron chi connectivity index (χ3n) is 10.8. The molecule has 7 N–H and O–H groups in total. The summed E-state index contributed by atoms with van der Waals surface area (Å²) < 4.78 is 0. The van der Waals surface area contributed by atoms with Crippen LogP contribution in [0, 0.1) is 46.3 Å². The number of nitrogens with one attached hydrogen (secondary N) is 1. The Hall–Kier alpha value is -1.22. The Balaban J connectivity index is 0.00000324. The number of aliphatic hydroxyl groups is 3. The first-order chi connectivity index (χ1) is 15.5. The third kappa shape index (κ3) is 4.51. The zero-order valence-electron chi connectivity index (χ0n) is 20.9. The van der Waals surface area contributed by atoms with Crippen LogP contribution in [0.15, 0.2) is 0 Å². The van der Waals surface area contributed by atoms with E-state index in [9.17, 15) is 24.9 Å². The molecule has 8 heteroatoms. The number of rotatable bonds is 6. The highest BCUT2D eigenvalue weighted by Gasteiger charge is 2.65. The van der Waals surface area contributed by atoms with E-state index < -0.39 is 12.1 Å². The van der Waals surface area contributed by atoms with Gasteiger partial charge in [-0.1, -0.05) is 20.8 Å². The smallest absolute Gasteiger partial charge is 0.322 e. The summed E-state index contributed by atoms with van der Waals surface area (Å²) in [5, 5.41) is 44.4. The molecule has 0 bridgehead atoms. The number of hydrogen-bond acceptors (Lipinski definition) is 5. The second kappa shape index (κ2) is 10.0. The molecule has 0 radical (unpaired) electrons. The van der Waals surface area contributed by atoms with Crippen LogP contribution in [0.2, 0.25) is 0 Å². The van der Waals surface area contributed by atoms with Crippen molar-refractivity contribution < 1.29 is 35.5 Å². The maximum atomic E-state index is 12.0. The number of hydrogen-bond donors (Lipinski definition) is 5. The van der Waals surface area contributed by atoms with Crippen LogP contribution < -0.4 is 5.32 Å². The maximum absolute atomic E-state index is 12.0. The first kappa shape index (κ1) is 27.4. The number of amides is 1. The van der Waals surface area contributed by atoms with Crippen LogP contribution in [0.4, 0.5) is 0 Å². The fraction of sp³-hybridized carbons (Fsp3) is 0.923. The van der Waals surface area contributed by atoms with Gasteiger partial charge in [0.15, 0.2) is 0 Å². The summed E-state index contributed by atoms with van der Waals surface area (Å²) in [7, 11) is 0. The van der Waals surface area contributed by atoms with E-state index in [4.69, 9.17) is 5.11 Å². The fourth-order valence-electron chi connectivity index (χ4n) is 8.95. The minimum Gasteiger partial charge on any atom is -0.480 e. The van der Waals surface area contributed by atoms with Gasteiger partial charge in [-0.25, -0.2) is 0 Å². The topological polar surface area (TPSA) is 159 Å². The molecule has 4 aliphatic carbocycles. The monoisotopic (exact) mass is 483 g/mol. The average molecular weight is 484 g/mol. The summed E-state index contributed by atoms with van der Waals surface area (Å²) in [5.41, 5.74) is -0.214. The molecule has 1 amide bonds. The lowest BCUT2D eigenvalue weighted by Crippen LogP contribution is -2.62. The molecule has 34 heavy (non-hydrogen) atoms. The summed E-state index contributed by atoms with van der Waals surface area (Å²) in [6.45, 7) is 6.35. The van der Waals surface area contributed by atoms with Crippen LogP contribution in [0.5, 0.6) is 0 Å². The Morgan fingerprint density at radius 2 is 1.74 bits per heavy atom. The van der Waals surface area contributed by atoms with E-state index in [1.807, 2.05) is 0 Å². The molecule has 11 unspecified atom stereocenters. The van der Waals surface area contributed by atoms with Crippen LogP contribution in [0.3, 0.4) is 0 Å². The molecule has 0 aromatic rings. The van der Waals surface area contributed by atoms with Gasteiger partial charge in [-0.15, -0.1) is 0 Å². The van der Waals surface area contributed by atoms with Crippen LogP contribution in [0.25, 0.3) is 0 Å². The van der Waals surface area contributed by atoms with Crippen molar-refractivity contribution in [3.63, 3.8) is 0 Å². The quantitative estimate of drug-likeness (QED) is 0.387. The van der Waals surface area contributed by atoms with Crippen molar-refractivity contribution >= 4 is 11.9 Å². The number of fused-ring (bicyclic) bond motifs is 5. The highest BCUT2D eigenvalue weighted by molar-refractivity contribution is 5.81. The first-order valence-electron chi connectivity index (χ1n) is 13.0. The van der Waals surface area contributed by atoms with Gasteiger partial charge in [0.05, 0.1) is 18.3 Å². The second-order valence-corrected chi connectivity index (χ2v) is 12.2. The minimum absolute atomic E-state index is 0. The van der Waals surface area contributed by atoms with Crippen LogP contribution in [-0.4, -0.2) is 62.6 Å². The van der Waals surface area contributed by atoms with Gasteiger partial charge in [-0.2, -0.15) is 0 Å². The Bertz CT molecular complexity index is 761. The molecule has 0 spiro atoms. The van der Waals surface area contributed by atoms with E-state index in [2.05, 4.69) is 26.1 Å². The predicted octanol–water partition coefficient (Wildman–Crippen LogP) is 1.74. The van der Waals surface area contributed by atoms with E-state index in [1.165, 1.54) is 0 Å². The van der Waals surface area contributed by atoms with E-state index in [0.717, 1.165) is 38.5 Å². The maximum Gasteiger partial charge on any atom is 0.322 e. The van der Waals surface area contributed by atoms with Crippen molar-refractivity contribution in [2.24, 2.45) is 46.3 Å². The number of carbonyl (C=O) groups excluding carboxylic acids is 1. The number of carbonyl (C=O) groups is 2. The molecule has 0 saturated heterocycles. The Labute approximate surface area is 202 Å². The van der Waals surface area contributed by atoms with Crippen molar-refractivity contribution in [1.29, 1.82) is 0 Å². The minimum atomic E-state index is -1.04. The average Bonchev–Trinajstić information content (AvgIpc) is 3.11. The van der Waals surface area contributed by atoms with Gasteiger partial charge in [0.25, 0.3) is 0 Å². The number of carboxylic acids is 1. The van der Waals surface area contributed by atoms with Gasteiger partial charge in [-0.05, 0) is 97.7 Å². The van der Waals surface area contributed by atoms with Crippen LogP contribution in [0.1, 0.15) is 78.6 Å². The molecule has 0 aromatic heterocycles. The van der Waals surface area contributed by atoms with Gasteiger partial charge >= 0.3 is 5.97 Å². The van der Waals surface area contributed by atoms with Crippen molar-refractivity contribution in [3.05, 3.63) is 0 Å². The zero-order chi connectivity index (χ0) is 24.1. The molecule has 8 nitrogen and oxygen atoms in total. The molecule has 0 heterocycles. The molecule has 4 fully saturated rings. The highest BCUT2D eigenvalue weighted by Crippen LogP contribution is 2.68. The molecule has 4 rings (SSSR count). The Morgan fingerprint density at radius 1 is 1.03 bits per heavy atom. The van der Waals surface area contributed by atoms with Gasteiger partial charge in [-0.3, -0.25) is 9.59 Å². The number of aliphatic carboxylic acids is 1. The first-order valence-corrected chi connectivity index (χ1v) is 13.0. The molecule has 0 aliphatic heterocycles. The van der Waals surface area contributed by atoms with Gasteiger partial charge in [0, 0.05) is 6.42 Å². The lowest BCUT2D eigenvalue weighted by Gasteiger charge is -2.63. The van der Waals surface area contributed by atoms with Crippen molar-refractivity contribution in [2.75, 3.05) is 6.54 Å². The van der Waals surface area contributed by atoms with Crippen LogP contribution in [-0.2, 0) is 9.59 Å². The van der Waals surface area contributed by atoms with E-state index in [0.29, 0.717) is 25.2 Å². The predicted molar refractivity (Wildman–Crippen MR) is 127 cm³/mol. The van der Waals surface area contributed by atoms with Crippen molar-refractivity contribution in [3.8, 4) is 0 Å². The normalized spacial score (nSPS) is 46.3. The summed E-state index contributed by atoms with van der Waals surface area (Å²) in [4.78, 5) is 22.7. The van der Waals surface area contributed by atoms with Gasteiger partial charge < -0.3 is 31.2 Å². The Kier molecular flexibility index (Phi) is 8.08. The van der Waals surface area contributed by atoms with Crippen LogP contribution >= 0.6 is 0 Å². The molecular formula is C26H45NO7. The molecule has 196 valence electrons. The summed E-state index contributed by atoms with van der Waals surface area (Å²) in [5.74, 6) is 0.265. The molecule has 4 aliphatic rings. The van der Waals surface area contributed by atoms with E-state index in [-0.39, 0.29) is 70.6 Å². The number of carboxylic acid groups (broad SMARTS) is 1. The fourth-order valence-corrected chi connectivity index (χ4v) is 8.95. The molecule has 0 aromatic carbocycles. The number of aliphatic hydroxyl groups excluding tert-OH is 3. The van der Waals surface area contributed by atoms with Crippen molar-refractivity contribution in [2.45, 2.75) is 96.9 Å². The summed E-state index contributed by atoms with van der Waals surface area (Å²) in [6.07, 6.45) is 5.86. The largest absolute Gasteiger partial charge is 0.480 e. The Morgan fingerprint density at radius 3 is 2.41 bits per heavy atom. The summed E-state index contributed by atoms with van der Waals surface area (Å²) >= 11 is 0. The molecule has 11 atom stereocenters. The van der Waals surface area contributed by atoms with E-state index >= 15 is 0 Å². The third-order valence-corrected chi connectivity index (χ3v) is 10.8. The van der Waals surface area contributed by atoms with Gasteiger partial charge in [0.2, 0.25) is 5.91 Å². The van der Waals surface area contributed by atoms with Gasteiger partial charge in [0.1, 0.15) is 6.54 Å². The lowest BCUT2D eigenvalue weighted by molar-refractivity contribution is -0.207. The highest BCUT2D eigenvalue weighted by atomic mass is 16.4.